The highest BCUT2D eigenvalue weighted by molar-refractivity contribution is 5.76. The van der Waals surface area contributed by atoms with Crippen molar-refractivity contribution in [3.05, 3.63) is 0 Å². The van der Waals surface area contributed by atoms with Gasteiger partial charge in [-0.15, -0.1) is 0 Å². The molecule has 0 saturated heterocycles. The van der Waals surface area contributed by atoms with Gasteiger partial charge in [-0.3, -0.25) is 4.79 Å². The molecule has 102 valence electrons. The summed E-state index contributed by atoms with van der Waals surface area (Å²) in [5.41, 5.74) is -0.0582. The minimum absolute atomic E-state index is 0.168. The quantitative estimate of drug-likeness (QED) is 0.755. The number of nitrogens with one attached hydrogen (secondary N) is 1. The zero-order valence-electron chi connectivity index (χ0n) is 12.7. The molecule has 0 saturated carbocycles. The molecule has 0 fully saturated rings. The Kier molecular flexibility index (Phi) is 5.20. The number of esters is 1. The Bertz CT molecular complexity index is 262. The molecule has 0 spiro atoms. The SMILES string of the molecule is COC(=O)C(C)(C)CNCC(C)(C)C(C)(C)C. The van der Waals surface area contributed by atoms with Gasteiger partial charge >= 0.3 is 5.97 Å². The van der Waals surface area contributed by atoms with Gasteiger partial charge in [-0.2, -0.15) is 0 Å². The lowest BCUT2D eigenvalue weighted by Gasteiger charge is -2.39. The number of methoxy groups -OCH3 is 1. The molecule has 0 aromatic heterocycles. The molecular formula is C14H29NO2. The van der Waals surface area contributed by atoms with Gasteiger partial charge in [-0.1, -0.05) is 34.6 Å². The topological polar surface area (TPSA) is 38.3 Å². The van der Waals surface area contributed by atoms with Crippen LogP contribution in [0.2, 0.25) is 0 Å². The highest BCUT2D eigenvalue weighted by atomic mass is 16.5. The fraction of sp³-hybridized carbons (Fsp3) is 0.929. The van der Waals surface area contributed by atoms with Gasteiger partial charge in [0.2, 0.25) is 0 Å². The number of rotatable bonds is 5. The Balaban J connectivity index is 4.30. The molecule has 0 amide bonds. The lowest BCUT2D eigenvalue weighted by molar-refractivity contribution is -0.150. The van der Waals surface area contributed by atoms with Gasteiger partial charge in [-0.05, 0) is 24.7 Å². The number of hydrogen-bond donors (Lipinski definition) is 1. The minimum Gasteiger partial charge on any atom is -0.469 e. The van der Waals surface area contributed by atoms with Crippen LogP contribution in [0.15, 0.2) is 0 Å². The second-order valence-electron chi connectivity index (χ2n) is 7.11. The van der Waals surface area contributed by atoms with E-state index in [1.165, 1.54) is 7.11 Å². The second kappa shape index (κ2) is 5.38. The maximum Gasteiger partial charge on any atom is 0.312 e. The Hall–Kier alpha value is -0.570. The molecule has 0 aliphatic heterocycles. The van der Waals surface area contributed by atoms with E-state index in [1.807, 2.05) is 13.8 Å². The van der Waals surface area contributed by atoms with E-state index in [9.17, 15) is 4.79 Å². The van der Waals surface area contributed by atoms with Crippen LogP contribution in [0.3, 0.4) is 0 Å². The molecule has 0 aromatic carbocycles. The normalized spacial score (nSPS) is 13.6. The van der Waals surface area contributed by atoms with Crippen molar-refractivity contribution >= 4 is 5.97 Å². The third-order valence-electron chi connectivity index (χ3n) is 3.90. The van der Waals surface area contributed by atoms with E-state index in [4.69, 9.17) is 4.74 Å². The van der Waals surface area contributed by atoms with Crippen LogP contribution in [-0.2, 0) is 9.53 Å². The number of ether oxygens (including phenoxy) is 1. The molecule has 0 bridgehead atoms. The van der Waals surface area contributed by atoms with E-state index < -0.39 is 5.41 Å². The van der Waals surface area contributed by atoms with Gasteiger partial charge in [0.25, 0.3) is 0 Å². The van der Waals surface area contributed by atoms with E-state index in [0.29, 0.717) is 6.54 Å². The minimum atomic E-state index is -0.470. The van der Waals surface area contributed by atoms with Crippen LogP contribution in [-0.4, -0.2) is 26.2 Å². The largest absolute Gasteiger partial charge is 0.469 e. The summed E-state index contributed by atoms with van der Waals surface area (Å²) in [6.07, 6.45) is 0. The maximum atomic E-state index is 11.5. The molecule has 0 aliphatic rings. The van der Waals surface area contributed by atoms with E-state index in [1.54, 1.807) is 0 Å². The van der Waals surface area contributed by atoms with Crippen LogP contribution < -0.4 is 5.32 Å². The van der Waals surface area contributed by atoms with Crippen molar-refractivity contribution < 1.29 is 9.53 Å². The number of hydrogen-bond acceptors (Lipinski definition) is 3. The molecule has 0 aromatic rings. The molecule has 3 heteroatoms. The monoisotopic (exact) mass is 243 g/mol. The zero-order valence-corrected chi connectivity index (χ0v) is 12.7. The van der Waals surface area contributed by atoms with E-state index >= 15 is 0 Å². The van der Waals surface area contributed by atoms with Crippen molar-refractivity contribution in [3.63, 3.8) is 0 Å². The molecule has 1 N–H and O–H groups in total. The number of carbonyl (C=O) groups excluding carboxylic acids is 1. The van der Waals surface area contributed by atoms with Gasteiger partial charge in [0.1, 0.15) is 0 Å². The molecule has 17 heavy (non-hydrogen) atoms. The Morgan fingerprint density at radius 2 is 1.47 bits per heavy atom. The van der Waals surface area contributed by atoms with Crippen molar-refractivity contribution in [2.75, 3.05) is 20.2 Å². The van der Waals surface area contributed by atoms with Gasteiger partial charge in [0, 0.05) is 13.1 Å². The molecule has 0 unspecified atom stereocenters. The van der Waals surface area contributed by atoms with Gasteiger partial charge in [-0.25, -0.2) is 0 Å². The second-order valence-corrected chi connectivity index (χ2v) is 7.11. The number of carbonyl (C=O) groups is 1. The maximum absolute atomic E-state index is 11.5. The smallest absolute Gasteiger partial charge is 0.312 e. The average molecular weight is 243 g/mol. The summed E-state index contributed by atoms with van der Waals surface area (Å²) < 4.78 is 4.79. The fourth-order valence-electron chi connectivity index (χ4n) is 1.30. The summed E-state index contributed by atoms with van der Waals surface area (Å²) in [4.78, 5) is 11.5. The van der Waals surface area contributed by atoms with Crippen LogP contribution in [0.1, 0.15) is 48.5 Å². The zero-order chi connectivity index (χ0) is 13.9. The van der Waals surface area contributed by atoms with Crippen LogP contribution in [0.25, 0.3) is 0 Å². The first kappa shape index (κ1) is 16.4. The molecule has 0 rings (SSSR count). The summed E-state index contributed by atoms with van der Waals surface area (Å²) in [5, 5.41) is 3.39. The summed E-state index contributed by atoms with van der Waals surface area (Å²) >= 11 is 0. The highest BCUT2D eigenvalue weighted by Gasteiger charge is 2.34. The first-order chi connectivity index (χ1) is 7.44. The summed E-state index contributed by atoms with van der Waals surface area (Å²) in [7, 11) is 1.43. The predicted octanol–water partition coefficient (Wildman–Crippen LogP) is 2.85. The molecular weight excluding hydrogens is 214 g/mol. The standard InChI is InChI=1S/C14H29NO2/c1-12(2,3)14(6,7)10-15-9-13(4,5)11(16)17-8/h15H,9-10H2,1-8H3. The van der Waals surface area contributed by atoms with Crippen LogP contribution in [0, 0.1) is 16.2 Å². The first-order valence-corrected chi connectivity index (χ1v) is 6.23. The van der Waals surface area contributed by atoms with Crippen LogP contribution in [0.4, 0.5) is 0 Å². The lowest BCUT2D eigenvalue weighted by Crippen LogP contribution is -2.44. The third kappa shape index (κ3) is 4.66. The molecule has 3 nitrogen and oxygen atoms in total. The van der Waals surface area contributed by atoms with Crippen LogP contribution >= 0.6 is 0 Å². The fourth-order valence-corrected chi connectivity index (χ4v) is 1.30. The van der Waals surface area contributed by atoms with Gasteiger partial charge < -0.3 is 10.1 Å². The van der Waals surface area contributed by atoms with Crippen molar-refractivity contribution in [1.29, 1.82) is 0 Å². The van der Waals surface area contributed by atoms with E-state index in [0.717, 1.165) is 6.54 Å². The van der Waals surface area contributed by atoms with E-state index in [2.05, 4.69) is 39.9 Å². The summed E-state index contributed by atoms with van der Waals surface area (Å²) in [6, 6.07) is 0. The Labute approximate surface area is 106 Å². The molecule has 0 radical (unpaired) electrons. The Morgan fingerprint density at radius 3 is 1.82 bits per heavy atom. The predicted molar refractivity (Wildman–Crippen MR) is 71.9 cm³/mol. The van der Waals surface area contributed by atoms with Crippen LogP contribution in [0.5, 0.6) is 0 Å². The van der Waals surface area contributed by atoms with Crippen molar-refractivity contribution in [2.24, 2.45) is 16.2 Å². The molecule has 0 atom stereocenters. The van der Waals surface area contributed by atoms with Gasteiger partial charge in [0.05, 0.1) is 12.5 Å². The van der Waals surface area contributed by atoms with Crippen molar-refractivity contribution in [3.8, 4) is 0 Å². The molecule has 0 aliphatic carbocycles. The highest BCUT2D eigenvalue weighted by Crippen LogP contribution is 2.37. The van der Waals surface area contributed by atoms with Crippen molar-refractivity contribution in [2.45, 2.75) is 48.5 Å². The average Bonchev–Trinajstić information content (AvgIpc) is 2.13. The van der Waals surface area contributed by atoms with Crippen molar-refractivity contribution in [1.82, 2.24) is 5.32 Å². The Morgan fingerprint density at radius 1 is 1.00 bits per heavy atom. The molecule has 0 heterocycles. The lowest BCUT2D eigenvalue weighted by atomic mass is 9.69. The third-order valence-corrected chi connectivity index (χ3v) is 3.90. The first-order valence-electron chi connectivity index (χ1n) is 6.23. The summed E-state index contributed by atoms with van der Waals surface area (Å²) in [6.45, 7) is 16.5. The van der Waals surface area contributed by atoms with Gasteiger partial charge in [0.15, 0.2) is 0 Å². The van der Waals surface area contributed by atoms with E-state index in [-0.39, 0.29) is 16.8 Å². The summed E-state index contributed by atoms with van der Waals surface area (Å²) in [5.74, 6) is -0.168.